The van der Waals surface area contributed by atoms with Crippen molar-refractivity contribution in [3.63, 3.8) is 0 Å². The molecule has 1 fully saturated rings. The molecule has 0 aromatic rings. The summed E-state index contributed by atoms with van der Waals surface area (Å²) in [6, 6.07) is 0. The lowest BCUT2D eigenvalue weighted by Crippen LogP contribution is -2.30. The van der Waals surface area contributed by atoms with Crippen molar-refractivity contribution in [2.45, 2.75) is 39.7 Å². The van der Waals surface area contributed by atoms with Gasteiger partial charge in [-0.1, -0.05) is 20.4 Å². The highest BCUT2D eigenvalue weighted by atomic mass is 16.6. The minimum atomic E-state index is -0.447. The van der Waals surface area contributed by atoms with Gasteiger partial charge in [0.2, 0.25) is 0 Å². The topological polar surface area (TPSA) is 65.1 Å². The molecule has 6 nitrogen and oxygen atoms in total. The smallest absolute Gasteiger partial charge is 0.410 e. The van der Waals surface area contributed by atoms with E-state index in [1.54, 1.807) is 6.92 Å². The van der Waals surface area contributed by atoms with Gasteiger partial charge < -0.3 is 19.1 Å². The Labute approximate surface area is 132 Å². The Morgan fingerprint density at radius 2 is 2.18 bits per heavy atom. The average molecular weight is 313 g/mol. The molecule has 0 N–H and O–H groups in total. The zero-order valence-corrected chi connectivity index (χ0v) is 13.8. The van der Waals surface area contributed by atoms with Crippen molar-refractivity contribution in [2.75, 3.05) is 32.9 Å². The van der Waals surface area contributed by atoms with Crippen LogP contribution in [0.1, 0.15) is 33.6 Å². The molecule has 0 aromatic carbocycles. The SMILES string of the molecule is C=C(C)C(=O)OCCN1CC(COCCCC(C)C)OC1=O. The van der Waals surface area contributed by atoms with Crippen molar-refractivity contribution in [3.05, 3.63) is 12.2 Å². The van der Waals surface area contributed by atoms with Crippen molar-refractivity contribution < 1.29 is 23.8 Å². The standard InChI is InChI=1S/C16H27NO5/c1-12(2)6-5-8-20-11-14-10-17(16(19)22-14)7-9-21-15(18)13(3)4/h12,14H,3,5-11H2,1-2,4H3. The molecule has 0 aliphatic carbocycles. The van der Waals surface area contributed by atoms with Gasteiger partial charge in [-0.3, -0.25) is 0 Å². The Morgan fingerprint density at radius 3 is 2.82 bits per heavy atom. The first-order chi connectivity index (χ1) is 10.4. The largest absolute Gasteiger partial charge is 0.460 e. The zero-order chi connectivity index (χ0) is 16.5. The third-order valence-electron chi connectivity index (χ3n) is 3.27. The van der Waals surface area contributed by atoms with Crippen molar-refractivity contribution in [3.8, 4) is 0 Å². The molecule has 0 saturated carbocycles. The number of amides is 1. The van der Waals surface area contributed by atoms with Crippen LogP contribution in [0, 0.1) is 5.92 Å². The van der Waals surface area contributed by atoms with E-state index in [1.807, 2.05) is 0 Å². The normalized spacial score (nSPS) is 17.7. The molecule has 1 aliphatic rings. The monoisotopic (exact) mass is 313 g/mol. The number of esters is 1. The minimum Gasteiger partial charge on any atom is -0.460 e. The Morgan fingerprint density at radius 1 is 1.45 bits per heavy atom. The molecule has 1 atom stereocenters. The van der Waals surface area contributed by atoms with Gasteiger partial charge in [0.05, 0.1) is 19.7 Å². The lowest BCUT2D eigenvalue weighted by Gasteiger charge is -2.13. The van der Waals surface area contributed by atoms with Crippen LogP contribution in [0.15, 0.2) is 12.2 Å². The molecule has 0 aromatic heterocycles. The van der Waals surface area contributed by atoms with E-state index in [1.165, 1.54) is 4.90 Å². The number of carbonyl (C=O) groups excluding carboxylic acids is 2. The number of hydrogen-bond donors (Lipinski definition) is 0. The quantitative estimate of drug-likeness (QED) is 0.352. The number of carbonyl (C=O) groups is 2. The van der Waals surface area contributed by atoms with Gasteiger partial charge in [0.25, 0.3) is 0 Å². The first-order valence-electron chi connectivity index (χ1n) is 7.76. The molecule has 1 aliphatic heterocycles. The first kappa shape index (κ1) is 18.5. The summed E-state index contributed by atoms with van der Waals surface area (Å²) in [5.41, 5.74) is 0.344. The average Bonchev–Trinajstić information content (AvgIpc) is 2.78. The fourth-order valence-electron chi connectivity index (χ4n) is 2.02. The molecule has 22 heavy (non-hydrogen) atoms. The Kier molecular flexibility index (Phi) is 7.95. The molecule has 0 spiro atoms. The highest BCUT2D eigenvalue weighted by Gasteiger charge is 2.31. The highest BCUT2D eigenvalue weighted by molar-refractivity contribution is 5.86. The van der Waals surface area contributed by atoms with E-state index >= 15 is 0 Å². The second-order valence-electron chi connectivity index (χ2n) is 5.98. The third kappa shape index (κ3) is 6.93. The number of cyclic esters (lactones) is 1. The molecule has 1 amide bonds. The second kappa shape index (κ2) is 9.46. The summed E-state index contributed by atoms with van der Waals surface area (Å²) in [7, 11) is 0. The van der Waals surface area contributed by atoms with Crippen LogP contribution >= 0.6 is 0 Å². The summed E-state index contributed by atoms with van der Waals surface area (Å²) in [6.45, 7) is 11.5. The zero-order valence-electron chi connectivity index (χ0n) is 13.8. The fraction of sp³-hybridized carbons (Fsp3) is 0.750. The molecule has 0 radical (unpaired) electrons. The van der Waals surface area contributed by atoms with Crippen LogP contribution in [0.25, 0.3) is 0 Å². The maximum atomic E-state index is 11.7. The Hall–Kier alpha value is -1.56. The predicted molar refractivity (Wildman–Crippen MR) is 82.5 cm³/mol. The van der Waals surface area contributed by atoms with Gasteiger partial charge in [0, 0.05) is 12.2 Å². The van der Waals surface area contributed by atoms with Gasteiger partial charge in [-0.05, 0) is 25.7 Å². The molecular weight excluding hydrogens is 286 g/mol. The van der Waals surface area contributed by atoms with E-state index in [9.17, 15) is 9.59 Å². The summed E-state index contributed by atoms with van der Waals surface area (Å²) in [6.07, 6.45) is 1.51. The number of ether oxygens (including phenoxy) is 3. The van der Waals surface area contributed by atoms with Gasteiger partial charge in [0.15, 0.2) is 0 Å². The summed E-state index contributed by atoms with van der Waals surface area (Å²) in [5.74, 6) is 0.225. The molecule has 1 heterocycles. The van der Waals surface area contributed by atoms with Crippen molar-refractivity contribution >= 4 is 12.1 Å². The molecule has 1 unspecified atom stereocenters. The van der Waals surface area contributed by atoms with Crippen LogP contribution in [0.5, 0.6) is 0 Å². The summed E-state index contributed by atoms with van der Waals surface area (Å²) in [4.78, 5) is 24.4. The second-order valence-corrected chi connectivity index (χ2v) is 5.98. The van der Waals surface area contributed by atoms with E-state index in [2.05, 4.69) is 20.4 Å². The van der Waals surface area contributed by atoms with Crippen molar-refractivity contribution in [1.29, 1.82) is 0 Å². The highest BCUT2D eigenvalue weighted by Crippen LogP contribution is 2.12. The van der Waals surface area contributed by atoms with Crippen molar-refractivity contribution in [2.24, 2.45) is 5.92 Å². The molecule has 126 valence electrons. The molecule has 6 heteroatoms. The number of rotatable bonds is 10. The first-order valence-corrected chi connectivity index (χ1v) is 7.76. The Balaban J connectivity index is 2.15. The maximum Gasteiger partial charge on any atom is 0.410 e. The maximum absolute atomic E-state index is 11.7. The van der Waals surface area contributed by atoms with Crippen LogP contribution in [0.4, 0.5) is 4.79 Å². The summed E-state index contributed by atoms with van der Waals surface area (Å²) in [5, 5.41) is 0. The number of nitrogens with zero attached hydrogens (tertiary/aromatic N) is 1. The van der Waals surface area contributed by atoms with Gasteiger partial charge in [-0.2, -0.15) is 0 Å². The van der Waals surface area contributed by atoms with Crippen LogP contribution < -0.4 is 0 Å². The van der Waals surface area contributed by atoms with E-state index in [0.29, 0.717) is 37.8 Å². The van der Waals surface area contributed by atoms with Gasteiger partial charge in [0.1, 0.15) is 12.7 Å². The minimum absolute atomic E-state index is 0.142. The van der Waals surface area contributed by atoms with E-state index in [-0.39, 0.29) is 18.8 Å². The summed E-state index contributed by atoms with van der Waals surface area (Å²) >= 11 is 0. The molecular formula is C16H27NO5. The predicted octanol–water partition coefficient (Wildman–Crippen LogP) is 2.38. The van der Waals surface area contributed by atoms with Gasteiger partial charge in [-0.25, -0.2) is 9.59 Å². The van der Waals surface area contributed by atoms with Crippen LogP contribution in [0.2, 0.25) is 0 Å². The van der Waals surface area contributed by atoms with E-state index in [0.717, 1.165) is 12.8 Å². The van der Waals surface area contributed by atoms with Crippen LogP contribution in [-0.2, 0) is 19.0 Å². The van der Waals surface area contributed by atoms with Gasteiger partial charge in [-0.15, -0.1) is 0 Å². The van der Waals surface area contributed by atoms with Crippen molar-refractivity contribution in [1.82, 2.24) is 4.90 Å². The third-order valence-corrected chi connectivity index (χ3v) is 3.27. The number of hydrogen-bond acceptors (Lipinski definition) is 5. The van der Waals surface area contributed by atoms with Gasteiger partial charge >= 0.3 is 12.1 Å². The van der Waals surface area contributed by atoms with Crippen LogP contribution in [0.3, 0.4) is 0 Å². The van der Waals surface area contributed by atoms with E-state index in [4.69, 9.17) is 14.2 Å². The molecule has 0 bridgehead atoms. The lowest BCUT2D eigenvalue weighted by molar-refractivity contribution is -0.139. The van der Waals surface area contributed by atoms with E-state index < -0.39 is 5.97 Å². The molecule has 1 saturated heterocycles. The summed E-state index contributed by atoms with van der Waals surface area (Å²) < 4.78 is 15.7. The van der Waals surface area contributed by atoms with Crippen LogP contribution in [-0.4, -0.2) is 56.0 Å². The Bertz CT molecular complexity index is 394. The lowest BCUT2D eigenvalue weighted by atomic mass is 10.1. The fourth-order valence-corrected chi connectivity index (χ4v) is 2.02. The molecule has 1 rings (SSSR count).